The minimum absolute atomic E-state index is 0.129. The fraction of sp³-hybridized carbons (Fsp3) is 0.650. The zero-order chi connectivity index (χ0) is 19.1. The van der Waals surface area contributed by atoms with E-state index in [9.17, 15) is 4.79 Å². The Bertz CT molecular complexity index is 892. The lowest BCUT2D eigenvalue weighted by Gasteiger charge is -2.29. The number of thiophene rings is 1. The molecule has 3 aliphatic rings. The second kappa shape index (κ2) is 7.57. The summed E-state index contributed by atoms with van der Waals surface area (Å²) in [6.07, 6.45) is 4.01. The average molecular weight is 402 g/mol. The van der Waals surface area contributed by atoms with Crippen molar-refractivity contribution in [1.82, 2.24) is 20.2 Å². The highest BCUT2D eigenvalue weighted by molar-refractivity contribution is 7.19. The van der Waals surface area contributed by atoms with E-state index in [0.717, 1.165) is 68.7 Å². The smallest absolute Gasteiger partial charge is 0.222 e. The molecule has 5 rings (SSSR count). The summed E-state index contributed by atoms with van der Waals surface area (Å²) in [5.41, 5.74) is 1.45. The highest BCUT2D eigenvalue weighted by Gasteiger charge is 2.29. The molecule has 28 heavy (non-hydrogen) atoms. The van der Waals surface area contributed by atoms with Gasteiger partial charge in [0.1, 0.15) is 16.5 Å². The third-order valence-corrected chi connectivity index (χ3v) is 7.21. The molecule has 8 heteroatoms. The van der Waals surface area contributed by atoms with E-state index >= 15 is 0 Å². The summed E-state index contributed by atoms with van der Waals surface area (Å²) >= 11 is 1.84. The minimum atomic E-state index is 0.129. The molecule has 150 valence electrons. The van der Waals surface area contributed by atoms with Gasteiger partial charge in [0.2, 0.25) is 5.91 Å². The predicted octanol–water partition coefficient (Wildman–Crippen LogP) is 1.73. The first-order valence-electron chi connectivity index (χ1n) is 10.3. The Hall–Kier alpha value is -1.77. The lowest BCUT2D eigenvalue weighted by molar-refractivity contribution is -0.120. The van der Waals surface area contributed by atoms with Gasteiger partial charge in [-0.3, -0.25) is 9.69 Å². The van der Waals surface area contributed by atoms with Crippen molar-refractivity contribution in [2.24, 2.45) is 0 Å². The summed E-state index contributed by atoms with van der Waals surface area (Å²) in [6, 6.07) is 0.133. The second-order valence-electron chi connectivity index (χ2n) is 7.99. The number of hydrogen-bond acceptors (Lipinski definition) is 7. The molecule has 7 nitrogen and oxygen atoms in total. The summed E-state index contributed by atoms with van der Waals surface area (Å²) in [5.74, 6) is 2.06. The topological polar surface area (TPSA) is 70.6 Å². The molecule has 0 radical (unpaired) electrons. The SMILES string of the molecule is C[C@@H]1CC(=O)NCCN1c1nc(CN2CCOCC2)nc2sc3c(c12)CCC3. The van der Waals surface area contributed by atoms with E-state index in [4.69, 9.17) is 14.7 Å². The molecule has 4 heterocycles. The van der Waals surface area contributed by atoms with Crippen LogP contribution in [0.2, 0.25) is 0 Å². The zero-order valence-electron chi connectivity index (χ0n) is 16.4. The van der Waals surface area contributed by atoms with Crippen LogP contribution in [0.15, 0.2) is 0 Å². The molecule has 2 saturated heterocycles. The highest BCUT2D eigenvalue weighted by atomic mass is 32.1. The fourth-order valence-corrected chi connectivity index (χ4v) is 5.83. The third kappa shape index (κ3) is 3.38. The van der Waals surface area contributed by atoms with E-state index in [2.05, 4.69) is 22.0 Å². The highest BCUT2D eigenvalue weighted by Crippen LogP contribution is 2.41. The Balaban J connectivity index is 1.57. The maximum Gasteiger partial charge on any atom is 0.222 e. The molecule has 1 N–H and O–H groups in total. The van der Waals surface area contributed by atoms with Crippen molar-refractivity contribution in [1.29, 1.82) is 0 Å². The summed E-state index contributed by atoms with van der Waals surface area (Å²) < 4.78 is 5.48. The number of nitrogens with zero attached hydrogens (tertiary/aromatic N) is 4. The second-order valence-corrected chi connectivity index (χ2v) is 9.07. The van der Waals surface area contributed by atoms with Crippen LogP contribution in [0.5, 0.6) is 0 Å². The van der Waals surface area contributed by atoms with Crippen LogP contribution in [0.3, 0.4) is 0 Å². The van der Waals surface area contributed by atoms with Crippen molar-refractivity contribution in [3.05, 3.63) is 16.3 Å². The van der Waals surface area contributed by atoms with Gasteiger partial charge < -0.3 is 15.0 Å². The lowest BCUT2D eigenvalue weighted by atomic mass is 10.1. The first-order chi connectivity index (χ1) is 13.7. The number of amides is 1. The van der Waals surface area contributed by atoms with Gasteiger partial charge in [0.05, 0.1) is 25.1 Å². The van der Waals surface area contributed by atoms with Crippen LogP contribution in [0.4, 0.5) is 5.82 Å². The number of rotatable bonds is 3. The van der Waals surface area contributed by atoms with Gasteiger partial charge in [0, 0.05) is 43.5 Å². The molecular formula is C20H27N5O2S. The van der Waals surface area contributed by atoms with Crippen LogP contribution in [0.1, 0.15) is 36.0 Å². The first kappa shape index (κ1) is 18.3. The van der Waals surface area contributed by atoms with Crippen LogP contribution < -0.4 is 10.2 Å². The van der Waals surface area contributed by atoms with E-state index in [-0.39, 0.29) is 11.9 Å². The molecule has 0 saturated carbocycles. The van der Waals surface area contributed by atoms with E-state index in [0.29, 0.717) is 13.0 Å². The number of ether oxygens (including phenoxy) is 1. The van der Waals surface area contributed by atoms with Crippen molar-refractivity contribution < 1.29 is 9.53 Å². The summed E-state index contributed by atoms with van der Waals surface area (Å²) in [4.78, 5) is 29.4. The van der Waals surface area contributed by atoms with Crippen LogP contribution in [-0.2, 0) is 28.9 Å². The number of aryl methyl sites for hydroxylation is 2. The maximum absolute atomic E-state index is 12.0. The molecule has 2 fully saturated rings. The van der Waals surface area contributed by atoms with Crippen molar-refractivity contribution >= 4 is 33.3 Å². The molecule has 2 aliphatic heterocycles. The molecular weight excluding hydrogens is 374 g/mol. The lowest BCUT2D eigenvalue weighted by Crippen LogP contribution is -2.37. The Morgan fingerprint density at radius 3 is 2.93 bits per heavy atom. The van der Waals surface area contributed by atoms with Gasteiger partial charge in [0.15, 0.2) is 0 Å². The molecule has 1 atom stereocenters. The molecule has 0 spiro atoms. The van der Waals surface area contributed by atoms with Crippen LogP contribution in [0.25, 0.3) is 10.2 Å². The molecule has 1 aliphatic carbocycles. The number of hydrogen-bond donors (Lipinski definition) is 1. The number of aromatic nitrogens is 2. The number of nitrogens with one attached hydrogen (secondary N) is 1. The fourth-order valence-electron chi connectivity index (χ4n) is 4.56. The van der Waals surface area contributed by atoms with Crippen LogP contribution in [0, 0.1) is 0 Å². The van der Waals surface area contributed by atoms with Crippen molar-refractivity contribution in [2.75, 3.05) is 44.3 Å². The number of morpholine rings is 1. The molecule has 0 aromatic carbocycles. The normalized spacial score (nSPS) is 23.7. The number of carbonyl (C=O) groups excluding carboxylic acids is 1. The largest absolute Gasteiger partial charge is 0.379 e. The number of fused-ring (bicyclic) bond motifs is 3. The Morgan fingerprint density at radius 1 is 1.21 bits per heavy atom. The number of anilines is 1. The molecule has 1 amide bonds. The summed E-state index contributed by atoms with van der Waals surface area (Å²) in [7, 11) is 0. The minimum Gasteiger partial charge on any atom is -0.379 e. The average Bonchev–Trinajstić information content (AvgIpc) is 3.21. The zero-order valence-corrected chi connectivity index (χ0v) is 17.2. The van der Waals surface area contributed by atoms with Crippen LogP contribution in [-0.4, -0.2) is 66.2 Å². The quantitative estimate of drug-likeness (QED) is 0.845. The standard InChI is InChI=1S/C20H27N5O2S/c1-13-11-17(26)21-5-6-25(13)19-18-14-3-2-4-15(14)28-20(18)23-16(22-19)12-24-7-9-27-10-8-24/h13H,2-12H2,1H3,(H,21,26)/t13-/m1/s1. The Morgan fingerprint density at radius 2 is 2.07 bits per heavy atom. The van der Waals surface area contributed by atoms with Crippen molar-refractivity contribution in [2.45, 2.75) is 45.2 Å². The van der Waals surface area contributed by atoms with E-state index < -0.39 is 0 Å². The summed E-state index contributed by atoms with van der Waals surface area (Å²) in [6.45, 7) is 7.76. The Labute approximate surface area is 169 Å². The van der Waals surface area contributed by atoms with Gasteiger partial charge >= 0.3 is 0 Å². The Kier molecular flexibility index (Phi) is 4.94. The van der Waals surface area contributed by atoms with E-state index in [1.807, 2.05) is 11.3 Å². The van der Waals surface area contributed by atoms with Gasteiger partial charge in [-0.2, -0.15) is 0 Å². The van der Waals surface area contributed by atoms with Crippen molar-refractivity contribution in [3.8, 4) is 0 Å². The third-order valence-electron chi connectivity index (χ3n) is 6.02. The van der Waals surface area contributed by atoms with Gasteiger partial charge in [-0.1, -0.05) is 0 Å². The number of carbonyl (C=O) groups is 1. The molecule has 2 aromatic heterocycles. The predicted molar refractivity (Wildman–Crippen MR) is 110 cm³/mol. The maximum atomic E-state index is 12.0. The van der Waals surface area contributed by atoms with Gasteiger partial charge in [0.25, 0.3) is 0 Å². The molecule has 2 aromatic rings. The summed E-state index contributed by atoms with van der Waals surface area (Å²) in [5, 5.41) is 4.25. The molecule has 0 unspecified atom stereocenters. The van der Waals surface area contributed by atoms with Gasteiger partial charge in [-0.25, -0.2) is 9.97 Å². The van der Waals surface area contributed by atoms with E-state index in [1.165, 1.54) is 22.2 Å². The van der Waals surface area contributed by atoms with Crippen LogP contribution >= 0.6 is 11.3 Å². The monoisotopic (exact) mass is 401 g/mol. The molecule has 0 bridgehead atoms. The van der Waals surface area contributed by atoms with E-state index in [1.54, 1.807) is 0 Å². The van der Waals surface area contributed by atoms with Gasteiger partial charge in [-0.05, 0) is 31.7 Å². The van der Waals surface area contributed by atoms with Gasteiger partial charge in [-0.15, -0.1) is 11.3 Å². The first-order valence-corrected chi connectivity index (χ1v) is 11.2. The van der Waals surface area contributed by atoms with Crippen molar-refractivity contribution in [3.63, 3.8) is 0 Å².